The van der Waals surface area contributed by atoms with Crippen molar-refractivity contribution >= 4 is 45.9 Å². The fraction of sp³-hybridized carbons (Fsp3) is 0.0741. The van der Waals surface area contributed by atoms with Gasteiger partial charge in [0.15, 0.2) is 0 Å². The zero-order valence-electron chi connectivity index (χ0n) is 17.7. The average Bonchev–Trinajstić information content (AvgIpc) is 3.19. The van der Waals surface area contributed by atoms with Crippen molar-refractivity contribution in [1.82, 2.24) is 0 Å². The summed E-state index contributed by atoms with van der Waals surface area (Å²) in [6.45, 7) is 0. The molecule has 4 aromatic rings. The molecular formula is C27H21N3O2S. The van der Waals surface area contributed by atoms with Crippen molar-refractivity contribution in [2.75, 3.05) is 10.6 Å². The van der Waals surface area contributed by atoms with Gasteiger partial charge in [-0.1, -0.05) is 66.7 Å². The van der Waals surface area contributed by atoms with Crippen LogP contribution in [0.1, 0.15) is 17.5 Å². The minimum Gasteiger partial charge on any atom is -0.326 e. The lowest BCUT2D eigenvalue weighted by Gasteiger charge is -2.08. The summed E-state index contributed by atoms with van der Waals surface area (Å²) < 4.78 is 0. The zero-order chi connectivity index (χ0) is 22.6. The number of rotatable bonds is 5. The van der Waals surface area contributed by atoms with Crippen molar-refractivity contribution in [3.63, 3.8) is 0 Å². The molecule has 0 saturated heterocycles. The van der Waals surface area contributed by atoms with Gasteiger partial charge in [0.2, 0.25) is 11.8 Å². The fourth-order valence-electron chi connectivity index (χ4n) is 3.75. The van der Waals surface area contributed by atoms with Gasteiger partial charge in [0.05, 0.1) is 29.9 Å². The molecule has 6 heteroatoms. The summed E-state index contributed by atoms with van der Waals surface area (Å²) >= 11 is 1.50. The highest BCUT2D eigenvalue weighted by molar-refractivity contribution is 7.09. The number of aliphatic imine (C=N–C) groups is 1. The van der Waals surface area contributed by atoms with Gasteiger partial charge in [-0.25, -0.2) is 4.99 Å². The minimum atomic E-state index is -0.0819. The third-order valence-corrected chi connectivity index (χ3v) is 6.16. The molecule has 3 aromatic carbocycles. The molecular weight excluding hydrogens is 430 g/mol. The van der Waals surface area contributed by atoms with Gasteiger partial charge in [0, 0.05) is 16.4 Å². The Morgan fingerprint density at radius 2 is 1.58 bits per heavy atom. The van der Waals surface area contributed by atoms with E-state index in [4.69, 9.17) is 0 Å². The van der Waals surface area contributed by atoms with Crippen LogP contribution in [-0.4, -0.2) is 17.5 Å². The molecule has 1 aromatic heterocycles. The number of nitrogens with one attached hydrogen (secondary N) is 2. The van der Waals surface area contributed by atoms with E-state index >= 15 is 0 Å². The molecule has 33 heavy (non-hydrogen) atoms. The van der Waals surface area contributed by atoms with E-state index in [0.29, 0.717) is 17.8 Å². The first kappa shape index (κ1) is 20.8. The van der Waals surface area contributed by atoms with Gasteiger partial charge in [0.1, 0.15) is 0 Å². The molecule has 1 aliphatic rings. The highest BCUT2D eigenvalue weighted by Gasteiger charge is 2.17. The summed E-state index contributed by atoms with van der Waals surface area (Å²) in [5.41, 5.74) is 7.03. The maximum Gasteiger partial charge on any atom is 0.230 e. The average molecular weight is 452 g/mol. The van der Waals surface area contributed by atoms with Crippen LogP contribution >= 0.6 is 11.3 Å². The zero-order valence-corrected chi connectivity index (χ0v) is 18.6. The number of carbonyl (C=O) groups is 2. The Kier molecular flexibility index (Phi) is 5.83. The van der Waals surface area contributed by atoms with Gasteiger partial charge in [0.25, 0.3) is 0 Å². The number of hydrogen-bond donors (Lipinski definition) is 2. The molecule has 162 valence electrons. The van der Waals surface area contributed by atoms with Crippen LogP contribution in [-0.2, 0) is 16.0 Å². The van der Waals surface area contributed by atoms with Gasteiger partial charge >= 0.3 is 0 Å². The Balaban J connectivity index is 1.23. The molecule has 5 nitrogen and oxygen atoms in total. The quantitative estimate of drug-likeness (QED) is 0.387. The number of hydrogen-bond acceptors (Lipinski definition) is 4. The first-order valence-electron chi connectivity index (χ1n) is 10.6. The van der Waals surface area contributed by atoms with E-state index in [0.717, 1.165) is 33.6 Å². The molecule has 0 aliphatic carbocycles. The lowest BCUT2D eigenvalue weighted by molar-refractivity contribution is -0.116. The van der Waals surface area contributed by atoms with E-state index in [1.54, 1.807) is 0 Å². The molecule has 0 spiro atoms. The second-order valence-electron chi connectivity index (χ2n) is 7.82. The molecule has 2 heterocycles. The summed E-state index contributed by atoms with van der Waals surface area (Å²) in [5.74, 6) is -0.161. The molecule has 1 aliphatic heterocycles. The van der Waals surface area contributed by atoms with Gasteiger partial charge in [-0.05, 0) is 34.4 Å². The van der Waals surface area contributed by atoms with E-state index in [2.05, 4.69) is 27.8 Å². The van der Waals surface area contributed by atoms with Crippen LogP contribution < -0.4 is 10.6 Å². The normalized spacial score (nSPS) is 12.8. The number of thiophene rings is 1. The van der Waals surface area contributed by atoms with Crippen LogP contribution in [0.4, 0.5) is 17.1 Å². The molecule has 0 saturated carbocycles. The van der Waals surface area contributed by atoms with Crippen LogP contribution in [0.15, 0.2) is 94.6 Å². The number of amides is 2. The van der Waals surface area contributed by atoms with E-state index < -0.39 is 0 Å². The maximum absolute atomic E-state index is 12.5. The van der Waals surface area contributed by atoms with Crippen LogP contribution in [0.3, 0.4) is 0 Å². The molecule has 2 amide bonds. The maximum atomic E-state index is 12.5. The predicted octanol–water partition coefficient (Wildman–Crippen LogP) is 6.06. The standard InChI is InChI=1S/C27H21N3O2S/c31-26(14-18-6-8-20(9-7-18)19-4-2-1-3-5-19)28-22-12-10-21(11-13-22)23-15-27(32)30-25-17-33-16-24(25)29-23/h1-13,16-17H,14-15H2,(H,28,31)(H,30,32). The number of nitrogens with zero attached hydrogens (tertiary/aromatic N) is 1. The number of anilines is 2. The summed E-state index contributed by atoms with van der Waals surface area (Å²) in [4.78, 5) is 29.4. The number of benzene rings is 3. The van der Waals surface area contributed by atoms with Crippen molar-refractivity contribution in [3.05, 3.63) is 101 Å². The van der Waals surface area contributed by atoms with Crippen molar-refractivity contribution in [2.24, 2.45) is 4.99 Å². The summed E-state index contributed by atoms with van der Waals surface area (Å²) in [5, 5.41) is 9.62. The van der Waals surface area contributed by atoms with E-state index in [1.807, 2.05) is 77.5 Å². The Morgan fingerprint density at radius 1 is 0.879 bits per heavy atom. The second kappa shape index (κ2) is 9.22. The van der Waals surface area contributed by atoms with Crippen molar-refractivity contribution < 1.29 is 9.59 Å². The first-order valence-corrected chi connectivity index (χ1v) is 11.6. The Labute approximate surface area is 195 Å². The Hall–Kier alpha value is -4.03. The third kappa shape index (κ3) is 4.91. The molecule has 0 bridgehead atoms. The molecule has 2 N–H and O–H groups in total. The van der Waals surface area contributed by atoms with Crippen LogP contribution in [0, 0.1) is 0 Å². The monoisotopic (exact) mass is 451 g/mol. The van der Waals surface area contributed by atoms with E-state index in [-0.39, 0.29) is 18.2 Å². The smallest absolute Gasteiger partial charge is 0.230 e. The van der Waals surface area contributed by atoms with Crippen LogP contribution in [0.25, 0.3) is 11.1 Å². The summed E-state index contributed by atoms with van der Waals surface area (Å²) in [6, 6.07) is 25.6. The molecule has 0 atom stereocenters. The van der Waals surface area contributed by atoms with Gasteiger partial charge in [-0.2, -0.15) is 0 Å². The SMILES string of the molecule is O=C(Cc1ccc(-c2ccccc2)cc1)Nc1ccc(C2=Nc3cscc3NC(=O)C2)cc1. The topological polar surface area (TPSA) is 70.6 Å². The highest BCUT2D eigenvalue weighted by Crippen LogP contribution is 2.32. The second-order valence-corrected chi connectivity index (χ2v) is 8.56. The summed E-state index contributed by atoms with van der Waals surface area (Å²) in [7, 11) is 0. The Morgan fingerprint density at radius 3 is 2.33 bits per heavy atom. The van der Waals surface area contributed by atoms with Crippen molar-refractivity contribution in [2.45, 2.75) is 12.8 Å². The van der Waals surface area contributed by atoms with Crippen molar-refractivity contribution in [1.29, 1.82) is 0 Å². The van der Waals surface area contributed by atoms with E-state index in [9.17, 15) is 9.59 Å². The number of fused-ring (bicyclic) bond motifs is 1. The minimum absolute atomic E-state index is 0.0793. The third-order valence-electron chi connectivity index (χ3n) is 5.43. The van der Waals surface area contributed by atoms with E-state index in [1.165, 1.54) is 11.3 Å². The molecule has 0 fully saturated rings. The van der Waals surface area contributed by atoms with Crippen molar-refractivity contribution in [3.8, 4) is 11.1 Å². The lowest BCUT2D eigenvalue weighted by atomic mass is 10.0. The predicted molar refractivity (Wildman–Crippen MR) is 134 cm³/mol. The summed E-state index contributed by atoms with van der Waals surface area (Å²) in [6.07, 6.45) is 0.509. The largest absolute Gasteiger partial charge is 0.326 e. The molecule has 0 unspecified atom stereocenters. The molecule has 5 rings (SSSR count). The molecule has 0 radical (unpaired) electrons. The first-order chi connectivity index (χ1) is 16.1. The number of carbonyl (C=O) groups excluding carboxylic acids is 2. The van der Waals surface area contributed by atoms with Gasteiger partial charge in [-0.3, -0.25) is 9.59 Å². The lowest BCUT2D eigenvalue weighted by Crippen LogP contribution is -2.15. The highest BCUT2D eigenvalue weighted by atomic mass is 32.1. The van der Waals surface area contributed by atoms with Gasteiger partial charge < -0.3 is 10.6 Å². The van der Waals surface area contributed by atoms with Gasteiger partial charge in [-0.15, -0.1) is 11.3 Å². The fourth-order valence-corrected chi connectivity index (χ4v) is 4.44. The Bertz CT molecular complexity index is 1320. The van der Waals surface area contributed by atoms with Crippen LogP contribution in [0.5, 0.6) is 0 Å². The van der Waals surface area contributed by atoms with Crippen LogP contribution in [0.2, 0.25) is 0 Å².